The Labute approximate surface area is 140 Å². The van der Waals surface area contributed by atoms with Crippen LogP contribution in [0.5, 0.6) is 0 Å². The maximum Gasteiger partial charge on any atom is 0.223 e. The molecule has 1 saturated carbocycles. The van der Waals surface area contributed by atoms with Crippen LogP contribution in [-0.2, 0) is 9.59 Å². The molecule has 2 N–H and O–H groups in total. The highest BCUT2D eigenvalue weighted by Crippen LogP contribution is 2.29. The fourth-order valence-corrected chi connectivity index (χ4v) is 3.64. The van der Waals surface area contributed by atoms with Gasteiger partial charge in [-0.1, -0.05) is 11.6 Å². The monoisotopic (exact) mass is 320 g/mol. The number of carbonyl (C=O) groups is 2. The van der Waals surface area contributed by atoms with Crippen molar-refractivity contribution in [3.8, 4) is 0 Å². The number of allylic oxidation sites excluding steroid dienone is 1. The number of nitrogens with one attached hydrogen (secondary N) is 2. The van der Waals surface area contributed by atoms with Crippen LogP contribution in [0.15, 0.2) is 11.6 Å². The Bertz CT molecular complexity index is 435. The maximum absolute atomic E-state index is 12.3. The topological polar surface area (TPSA) is 58.2 Å². The molecule has 0 aromatic carbocycles. The van der Waals surface area contributed by atoms with E-state index in [1.807, 2.05) is 13.8 Å². The zero-order chi connectivity index (χ0) is 16.7. The predicted molar refractivity (Wildman–Crippen MR) is 92.9 cm³/mol. The van der Waals surface area contributed by atoms with Crippen molar-refractivity contribution in [3.05, 3.63) is 11.6 Å². The summed E-state index contributed by atoms with van der Waals surface area (Å²) in [6.07, 6.45) is 11.7. The van der Waals surface area contributed by atoms with Crippen LogP contribution >= 0.6 is 0 Å². The lowest BCUT2D eigenvalue weighted by atomic mass is 9.81. The molecule has 0 spiro atoms. The Kier molecular flexibility index (Phi) is 7.13. The predicted octanol–water partition coefficient (Wildman–Crippen LogP) is 3.32. The van der Waals surface area contributed by atoms with Crippen molar-refractivity contribution < 1.29 is 9.59 Å². The van der Waals surface area contributed by atoms with E-state index in [0.29, 0.717) is 0 Å². The number of hydrogen-bond acceptors (Lipinski definition) is 2. The van der Waals surface area contributed by atoms with Gasteiger partial charge in [-0.2, -0.15) is 0 Å². The van der Waals surface area contributed by atoms with Gasteiger partial charge in [0.25, 0.3) is 0 Å². The number of rotatable bonds is 6. The fraction of sp³-hybridized carbons (Fsp3) is 0.789. The lowest BCUT2D eigenvalue weighted by molar-refractivity contribution is -0.130. The molecule has 4 heteroatoms. The molecular formula is C19H32N2O2. The molecule has 23 heavy (non-hydrogen) atoms. The van der Waals surface area contributed by atoms with E-state index >= 15 is 0 Å². The van der Waals surface area contributed by atoms with Crippen LogP contribution in [0, 0.1) is 11.8 Å². The Morgan fingerprint density at radius 1 is 1.09 bits per heavy atom. The van der Waals surface area contributed by atoms with Crippen LogP contribution in [0.25, 0.3) is 0 Å². The molecular weight excluding hydrogens is 288 g/mol. The van der Waals surface area contributed by atoms with E-state index in [1.54, 1.807) is 0 Å². The molecule has 0 heterocycles. The van der Waals surface area contributed by atoms with Crippen molar-refractivity contribution in [2.24, 2.45) is 11.8 Å². The van der Waals surface area contributed by atoms with E-state index < -0.39 is 0 Å². The summed E-state index contributed by atoms with van der Waals surface area (Å²) in [6, 6.07) is 0.192. The second kappa shape index (κ2) is 9.09. The van der Waals surface area contributed by atoms with E-state index in [-0.39, 0.29) is 29.7 Å². The van der Waals surface area contributed by atoms with E-state index in [0.717, 1.165) is 38.6 Å². The van der Waals surface area contributed by atoms with Crippen molar-refractivity contribution in [2.75, 3.05) is 6.54 Å². The molecule has 0 saturated heterocycles. The minimum Gasteiger partial charge on any atom is -0.356 e. The van der Waals surface area contributed by atoms with Gasteiger partial charge >= 0.3 is 0 Å². The van der Waals surface area contributed by atoms with Crippen LogP contribution in [0.2, 0.25) is 0 Å². The lowest BCUT2D eigenvalue weighted by Crippen LogP contribution is -2.39. The fourth-order valence-electron chi connectivity index (χ4n) is 3.64. The summed E-state index contributed by atoms with van der Waals surface area (Å²) < 4.78 is 0. The van der Waals surface area contributed by atoms with Crippen LogP contribution < -0.4 is 10.6 Å². The molecule has 2 rings (SSSR count). The molecule has 4 nitrogen and oxygen atoms in total. The van der Waals surface area contributed by atoms with Crippen molar-refractivity contribution in [2.45, 2.75) is 77.7 Å². The van der Waals surface area contributed by atoms with Crippen molar-refractivity contribution in [3.63, 3.8) is 0 Å². The number of hydrogen-bond donors (Lipinski definition) is 2. The van der Waals surface area contributed by atoms with Gasteiger partial charge in [0.05, 0.1) is 0 Å². The lowest BCUT2D eigenvalue weighted by Gasteiger charge is -2.27. The SMILES string of the molecule is CC(C)NC(=O)C1CCC(C(=O)NCCC2=CCCCC2)CC1. The first-order chi connectivity index (χ1) is 11.1. The highest BCUT2D eigenvalue weighted by atomic mass is 16.2. The zero-order valence-electron chi connectivity index (χ0n) is 14.7. The van der Waals surface area contributed by atoms with Crippen molar-refractivity contribution >= 4 is 11.8 Å². The van der Waals surface area contributed by atoms with Crippen LogP contribution in [0.1, 0.15) is 71.6 Å². The molecule has 130 valence electrons. The second-order valence-electron chi connectivity index (χ2n) is 7.36. The summed E-state index contributed by atoms with van der Waals surface area (Å²) in [6.45, 7) is 4.73. The summed E-state index contributed by atoms with van der Waals surface area (Å²) in [5, 5.41) is 6.08. The normalized spacial score (nSPS) is 24.9. The third kappa shape index (κ3) is 6.00. The molecule has 0 atom stereocenters. The Morgan fingerprint density at radius 3 is 2.30 bits per heavy atom. The van der Waals surface area contributed by atoms with Gasteiger partial charge in [-0.25, -0.2) is 0 Å². The minimum absolute atomic E-state index is 0.0915. The largest absolute Gasteiger partial charge is 0.356 e. The molecule has 0 aromatic heterocycles. The van der Waals surface area contributed by atoms with Crippen LogP contribution in [0.4, 0.5) is 0 Å². The zero-order valence-corrected chi connectivity index (χ0v) is 14.7. The average molecular weight is 320 g/mol. The van der Waals surface area contributed by atoms with Crippen LogP contribution in [0.3, 0.4) is 0 Å². The van der Waals surface area contributed by atoms with Gasteiger partial charge in [0.15, 0.2) is 0 Å². The first kappa shape index (κ1) is 18.0. The Morgan fingerprint density at radius 2 is 1.74 bits per heavy atom. The minimum atomic E-state index is 0.0915. The molecule has 2 amide bonds. The van der Waals surface area contributed by atoms with Gasteiger partial charge in [0.2, 0.25) is 11.8 Å². The van der Waals surface area contributed by atoms with Gasteiger partial charge in [0.1, 0.15) is 0 Å². The molecule has 0 bridgehead atoms. The van der Waals surface area contributed by atoms with Gasteiger partial charge in [0, 0.05) is 24.4 Å². The first-order valence-electron chi connectivity index (χ1n) is 9.32. The van der Waals surface area contributed by atoms with Gasteiger partial charge in [-0.3, -0.25) is 9.59 Å². The summed E-state index contributed by atoms with van der Waals surface area (Å²) in [5.74, 6) is 0.527. The Hall–Kier alpha value is -1.32. The van der Waals surface area contributed by atoms with E-state index in [4.69, 9.17) is 0 Å². The maximum atomic E-state index is 12.3. The van der Waals surface area contributed by atoms with Gasteiger partial charge in [-0.15, -0.1) is 0 Å². The van der Waals surface area contributed by atoms with Crippen molar-refractivity contribution in [1.82, 2.24) is 10.6 Å². The second-order valence-corrected chi connectivity index (χ2v) is 7.36. The highest BCUT2D eigenvalue weighted by Gasteiger charge is 2.29. The third-order valence-corrected chi connectivity index (χ3v) is 5.03. The highest BCUT2D eigenvalue weighted by molar-refractivity contribution is 5.81. The standard InChI is InChI=1S/C19H32N2O2/c1-14(2)21-19(23)17-10-8-16(9-11-17)18(22)20-13-12-15-6-4-3-5-7-15/h6,14,16-17H,3-5,7-13H2,1-2H3,(H,20,22)(H,21,23). The summed E-state index contributed by atoms with van der Waals surface area (Å²) in [4.78, 5) is 24.3. The van der Waals surface area contributed by atoms with E-state index in [2.05, 4.69) is 16.7 Å². The quantitative estimate of drug-likeness (QED) is 0.738. The first-order valence-corrected chi connectivity index (χ1v) is 9.32. The van der Waals surface area contributed by atoms with E-state index in [9.17, 15) is 9.59 Å². The molecule has 2 aliphatic carbocycles. The summed E-state index contributed by atoms with van der Waals surface area (Å²) in [5.41, 5.74) is 1.51. The van der Waals surface area contributed by atoms with Crippen LogP contribution in [-0.4, -0.2) is 24.4 Å². The van der Waals surface area contributed by atoms with Gasteiger partial charge in [-0.05, 0) is 71.6 Å². The molecule has 0 unspecified atom stereocenters. The molecule has 2 aliphatic rings. The average Bonchev–Trinajstić information content (AvgIpc) is 2.55. The third-order valence-electron chi connectivity index (χ3n) is 5.03. The molecule has 0 radical (unpaired) electrons. The molecule has 0 aromatic rings. The number of amides is 2. The molecule has 0 aliphatic heterocycles. The smallest absolute Gasteiger partial charge is 0.223 e. The summed E-state index contributed by atoms with van der Waals surface area (Å²) >= 11 is 0. The van der Waals surface area contributed by atoms with Gasteiger partial charge < -0.3 is 10.6 Å². The number of carbonyl (C=O) groups excluding carboxylic acids is 2. The molecule has 1 fully saturated rings. The van der Waals surface area contributed by atoms with E-state index in [1.165, 1.54) is 31.3 Å². The van der Waals surface area contributed by atoms with Crippen molar-refractivity contribution in [1.29, 1.82) is 0 Å². The summed E-state index contributed by atoms with van der Waals surface area (Å²) in [7, 11) is 0. The Balaban J connectivity index is 1.65.